The number of hydrogen-bond acceptors (Lipinski definition) is 7. The number of nitrogens with one attached hydrogen (secondary N) is 1. The van der Waals surface area contributed by atoms with Gasteiger partial charge in [-0.1, -0.05) is 17.3 Å². The number of rotatable bonds is 7. The zero-order valence-electron chi connectivity index (χ0n) is 17.7. The Hall–Kier alpha value is -3.08. The van der Waals surface area contributed by atoms with Gasteiger partial charge in [-0.2, -0.15) is 4.98 Å². The predicted molar refractivity (Wildman–Crippen MR) is 123 cm³/mol. The number of aromatic nitrogens is 2. The molecule has 0 spiro atoms. The highest BCUT2D eigenvalue weighted by Gasteiger charge is 2.23. The summed E-state index contributed by atoms with van der Waals surface area (Å²) in [7, 11) is 0.156. The Morgan fingerprint density at radius 3 is 2.44 bits per heavy atom. The van der Waals surface area contributed by atoms with Crippen LogP contribution in [-0.4, -0.2) is 32.7 Å². The van der Waals surface area contributed by atoms with E-state index in [1.54, 1.807) is 19.1 Å². The lowest BCUT2D eigenvalue weighted by molar-refractivity contribution is 0.433. The Kier molecular flexibility index (Phi) is 6.09. The van der Waals surface area contributed by atoms with E-state index in [0.717, 1.165) is 11.3 Å². The zero-order chi connectivity index (χ0) is 22.9. The van der Waals surface area contributed by atoms with Crippen LogP contribution < -0.4 is 9.62 Å². The molecule has 0 bridgehead atoms. The van der Waals surface area contributed by atoms with Crippen molar-refractivity contribution in [2.24, 2.45) is 0 Å². The van der Waals surface area contributed by atoms with Gasteiger partial charge in [0.25, 0.3) is 5.89 Å². The van der Waals surface area contributed by atoms with E-state index >= 15 is 0 Å². The molecule has 2 aromatic heterocycles. The molecular formula is C22H21FN4O3S2. The minimum Gasteiger partial charge on any atom is -0.378 e. The highest BCUT2D eigenvalue weighted by Crippen LogP contribution is 2.33. The molecule has 0 saturated heterocycles. The Bertz CT molecular complexity index is 1330. The Labute approximate surface area is 189 Å². The van der Waals surface area contributed by atoms with Crippen molar-refractivity contribution >= 4 is 27.0 Å². The van der Waals surface area contributed by atoms with Gasteiger partial charge in [0, 0.05) is 36.8 Å². The summed E-state index contributed by atoms with van der Waals surface area (Å²) in [5, 5.41) is 3.92. The Morgan fingerprint density at radius 1 is 1.09 bits per heavy atom. The molecule has 0 atom stereocenters. The van der Waals surface area contributed by atoms with Crippen molar-refractivity contribution in [2.75, 3.05) is 19.0 Å². The first-order valence-electron chi connectivity index (χ1n) is 9.69. The molecule has 0 saturated carbocycles. The van der Waals surface area contributed by atoms with Crippen molar-refractivity contribution in [3.63, 3.8) is 0 Å². The van der Waals surface area contributed by atoms with Gasteiger partial charge in [-0.05, 0) is 55.0 Å². The summed E-state index contributed by atoms with van der Waals surface area (Å²) in [6.07, 6.45) is 0. The van der Waals surface area contributed by atoms with Crippen LogP contribution in [0.15, 0.2) is 64.0 Å². The van der Waals surface area contributed by atoms with Crippen LogP contribution >= 0.6 is 11.3 Å². The molecule has 1 N–H and O–H groups in total. The topological polar surface area (TPSA) is 88.3 Å². The molecule has 0 aliphatic heterocycles. The number of nitrogens with zero attached hydrogens (tertiary/aromatic N) is 3. The second-order valence-electron chi connectivity index (χ2n) is 7.35. The van der Waals surface area contributed by atoms with Crippen molar-refractivity contribution in [2.45, 2.75) is 18.4 Å². The number of sulfonamides is 1. The van der Waals surface area contributed by atoms with Crippen LogP contribution in [-0.2, 0) is 16.6 Å². The number of hydrogen-bond donors (Lipinski definition) is 1. The van der Waals surface area contributed by atoms with E-state index in [1.165, 1.54) is 29.5 Å². The lowest BCUT2D eigenvalue weighted by Gasteiger charge is -2.13. The standard InChI is InChI=1S/C22H21FN4O3S2/c1-14-20(32(28,29)24-13-15-4-10-18(11-5-15)27(2)3)12-19(31-14)22-25-21(26-30-22)16-6-8-17(23)9-7-16/h4-12,24H,13H2,1-3H3. The van der Waals surface area contributed by atoms with E-state index in [9.17, 15) is 12.8 Å². The van der Waals surface area contributed by atoms with Crippen LogP contribution in [0.25, 0.3) is 22.2 Å². The lowest BCUT2D eigenvalue weighted by atomic mass is 10.2. The molecule has 0 amide bonds. The number of halogens is 1. The molecule has 7 nitrogen and oxygen atoms in total. The fraction of sp³-hybridized carbons (Fsp3) is 0.182. The third kappa shape index (κ3) is 4.72. The first-order valence-corrected chi connectivity index (χ1v) is 12.0. The van der Waals surface area contributed by atoms with Crippen LogP contribution in [0.4, 0.5) is 10.1 Å². The summed E-state index contributed by atoms with van der Waals surface area (Å²) >= 11 is 1.25. The van der Waals surface area contributed by atoms with Crippen LogP contribution in [0.1, 0.15) is 10.4 Å². The van der Waals surface area contributed by atoms with Gasteiger partial charge in [-0.15, -0.1) is 11.3 Å². The first kappa shape index (κ1) is 22.1. The second-order valence-corrected chi connectivity index (χ2v) is 10.3. The molecule has 0 aliphatic carbocycles. The maximum atomic E-state index is 13.1. The number of thiophene rings is 1. The van der Waals surface area contributed by atoms with E-state index in [0.29, 0.717) is 21.1 Å². The second kappa shape index (κ2) is 8.81. The van der Waals surface area contributed by atoms with Crippen molar-refractivity contribution in [1.29, 1.82) is 0 Å². The van der Waals surface area contributed by atoms with Gasteiger partial charge in [0.2, 0.25) is 15.8 Å². The van der Waals surface area contributed by atoms with Gasteiger partial charge in [0.15, 0.2) is 0 Å². The van der Waals surface area contributed by atoms with Gasteiger partial charge >= 0.3 is 0 Å². The molecule has 0 unspecified atom stereocenters. The fourth-order valence-electron chi connectivity index (χ4n) is 3.05. The number of aryl methyl sites for hydroxylation is 1. The molecule has 166 valence electrons. The van der Waals surface area contributed by atoms with E-state index in [1.807, 2.05) is 43.3 Å². The van der Waals surface area contributed by atoms with Gasteiger partial charge in [0.05, 0.1) is 9.77 Å². The lowest BCUT2D eigenvalue weighted by Crippen LogP contribution is -2.23. The highest BCUT2D eigenvalue weighted by atomic mass is 32.2. The molecule has 10 heteroatoms. The quantitative estimate of drug-likeness (QED) is 0.427. The van der Waals surface area contributed by atoms with Crippen molar-refractivity contribution in [3.8, 4) is 22.2 Å². The molecule has 32 heavy (non-hydrogen) atoms. The summed E-state index contributed by atoms with van der Waals surface area (Å²) in [5.41, 5.74) is 2.49. The highest BCUT2D eigenvalue weighted by molar-refractivity contribution is 7.89. The monoisotopic (exact) mass is 472 g/mol. The average Bonchev–Trinajstić information content (AvgIpc) is 3.40. The Morgan fingerprint density at radius 2 is 1.78 bits per heavy atom. The van der Waals surface area contributed by atoms with Gasteiger partial charge in [-0.3, -0.25) is 0 Å². The SMILES string of the molecule is Cc1sc(-c2nc(-c3ccc(F)cc3)no2)cc1S(=O)(=O)NCc1ccc(N(C)C)cc1. The van der Waals surface area contributed by atoms with Crippen molar-refractivity contribution in [1.82, 2.24) is 14.9 Å². The summed E-state index contributed by atoms with van der Waals surface area (Å²) in [4.78, 5) is 7.62. The maximum absolute atomic E-state index is 13.1. The summed E-state index contributed by atoms with van der Waals surface area (Å²) < 4.78 is 46.9. The fourth-order valence-corrected chi connectivity index (χ4v) is 5.57. The third-order valence-electron chi connectivity index (χ3n) is 4.82. The summed E-state index contributed by atoms with van der Waals surface area (Å²) in [6, 6.07) is 14.9. The summed E-state index contributed by atoms with van der Waals surface area (Å²) in [5.74, 6) is 0.148. The minimum atomic E-state index is -3.73. The Balaban J connectivity index is 1.51. The van der Waals surface area contributed by atoms with E-state index in [-0.39, 0.29) is 23.1 Å². The normalized spacial score (nSPS) is 11.6. The zero-order valence-corrected chi connectivity index (χ0v) is 19.3. The smallest absolute Gasteiger partial charge is 0.268 e. The molecule has 2 aromatic carbocycles. The van der Waals surface area contributed by atoms with Gasteiger partial charge in [0.1, 0.15) is 5.82 Å². The van der Waals surface area contributed by atoms with Crippen LogP contribution in [0.5, 0.6) is 0 Å². The van der Waals surface area contributed by atoms with Crippen LogP contribution in [0.3, 0.4) is 0 Å². The van der Waals surface area contributed by atoms with Gasteiger partial charge < -0.3 is 9.42 Å². The van der Waals surface area contributed by atoms with E-state index in [2.05, 4.69) is 14.9 Å². The molecule has 4 aromatic rings. The third-order valence-corrected chi connectivity index (χ3v) is 7.52. The largest absolute Gasteiger partial charge is 0.378 e. The van der Waals surface area contributed by atoms with Gasteiger partial charge in [-0.25, -0.2) is 17.5 Å². The van der Waals surface area contributed by atoms with Crippen molar-refractivity contribution in [3.05, 3.63) is 70.9 Å². The predicted octanol–water partition coefficient (Wildman–Crippen LogP) is 4.46. The van der Waals surface area contributed by atoms with E-state index < -0.39 is 10.0 Å². The summed E-state index contributed by atoms with van der Waals surface area (Å²) in [6.45, 7) is 1.90. The molecule has 2 heterocycles. The van der Waals surface area contributed by atoms with Crippen LogP contribution in [0.2, 0.25) is 0 Å². The molecule has 4 rings (SSSR count). The average molecular weight is 473 g/mol. The maximum Gasteiger partial charge on any atom is 0.268 e. The molecule has 0 aliphatic rings. The minimum absolute atomic E-state index is 0.170. The number of anilines is 1. The van der Waals surface area contributed by atoms with E-state index in [4.69, 9.17) is 4.52 Å². The molecule has 0 fully saturated rings. The van der Waals surface area contributed by atoms with Crippen molar-refractivity contribution < 1.29 is 17.3 Å². The molecular weight excluding hydrogens is 451 g/mol. The van der Waals surface area contributed by atoms with Crippen LogP contribution in [0, 0.1) is 12.7 Å². The molecule has 0 radical (unpaired) electrons. The number of benzene rings is 2. The first-order chi connectivity index (χ1) is 15.2.